The fraction of sp³-hybridized carbons (Fsp3) is 0.300. The topological polar surface area (TPSA) is 55.1 Å². The van der Waals surface area contributed by atoms with E-state index in [1.165, 1.54) is 12.1 Å². The molecule has 14 heavy (non-hydrogen) atoms. The van der Waals surface area contributed by atoms with Gasteiger partial charge in [0.1, 0.15) is 5.82 Å². The van der Waals surface area contributed by atoms with E-state index in [0.717, 1.165) is 5.56 Å². The highest BCUT2D eigenvalue weighted by molar-refractivity contribution is 5.76. The predicted molar refractivity (Wildman–Crippen MR) is 52.0 cm³/mol. The molecular formula is C10H13FN2O. The van der Waals surface area contributed by atoms with Crippen LogP contribution in [0, 0.1) is 5.82 Å². The molecule has 1 rings (SSSR count). The molecule has 1 unspecified atom stereocenters. The number of nitrogens with one attached hydrogen (secondary N) is 1. The van der Waals surface area contributed by atoms with Gasteiger partial charge in [0.2, 0.25) is 5.91 Å². The van der Waals surface area contributed by atoms with Gasteiger partial charge in [-0.1, -0.05) is 12.1 Å². The first-order valence-electron chi connectivity index (χ1n) is 4.35. The van der Waals surface area contributed by atoms with Gasteiger partial charge < -0.3 is 11.1 Å². The van der Waals surface area contributed by atoms with Crippen LogP contribution in [0.5, 0.6) is 0 Å². The Morgan fingerprint density at radius 2 is 2.07 bits per heavy atom. The summed E-state index contributed by atoms with van der Waals surface area (Å²) in [4.78, 5) is 11.0. The average Bonchev–Trinajstić information content (AvgIpc) is 2.18. The molecule has 76 valence electrons. The lowest BCUT2D eigenvalue weighted by Gasteiger charge is -2.10. The maximum atomic E-state index is 12.6. The van der Waals surface area contributed by atoms with Crippen LogP contribution in [0.3, 0.4) is 0 Å². The Morgan fingerprint density at radius 3 is 2.57 bits per heavy atom. The number of rotatable bonds is 3. The molecule has 0 saturated carbocycles. The van der Waals surface area contributed by atoms with Gasteiger partial charge in [-0.05, 0) is 17.7 Å². The van der Waals surface area contributed by atoms with Crippen LogP contribution in [0.2, 0.25) is 0 Å². The zero-order valence-electron chi connectivity index (χ0n) is 7.96. The summed E-state index contributed by atoms with van der Waals surface area (Å²) in [6.07, 6.45) is 0.210. The lowest BCUT2D eigenvalue weighted by atomic mass is 10.0. The first kappa shape index (κ1) is 10.7. The monoisotopic (exact) mass is 196 g/mol. The van der Waals surface area contributed by atoms with Crippen LogP contribution in [-0.4, -0.2) is 13.0 Å². The van der Waals surface area contributed by atoms with Crippen molar-refractivity contribution in [3.05, 3.63) is 35.6 Å². The zero-order valence-corrected chi connectivity index (χ0v) is 7.96. The first-order valence-corrected chi connectivity index (χ1v) is 4.35. The third kappa shape index (κ3) is 2.81. The summed E-state index contributed by atoms with van der Waals surface area (Å²) >= 11 is 0. The van der Waals surface area contributed by atoms with Gasteiger partial charge in [-0.2, -0.15) is 0 Å². The van der Waals surface area contributed by atoms with Crippen LogP contribution < -0.4 is 11.1 Å². The molecule has 0 radical (unpaired) electrons. The second-order valence-electron chi connectivity index (χ2n) is 3.04. The van der Waals surface area contributed by atoms with Crippen LogP contribution >= 0.6 is 0 Å². The fourth-order valence-electron chi connectivity index (χ4n) is 1.13. The number of hydrogen-bond acceptors (Lipinski definition) is 2. The highest BCUT2D eigenvalue weighted by Crippen LogP contribution is 2.13. The Labute approximate surface area is 82.1 Å². The predicted octanol–water partition coefficient (Wildman–Crippen LogP) is 0.962. The van der Waals surface area contributed by atoms with Crippen molar-refractivity contribution >= 4 is 5.91 Å². The van der Waals surface area contributed by atoms with E-state index in [2.05, 4.69) is 5.32 Å². The van der Waals surface area contributed by atoms with Crippen molar-refractivity contribution < 1.29 is 9.18 Å². The lowest BCUT2D eigenvalue weighted by Crippen LogP contribution is -2.24. The minimum Gasteiger partial charge on any atom is -0.359 e. The number of amides is 1. The SMILES string of the molecule is CNC(=O)CC(N)c1ccc(F)cc1. The smallest absolute Gasteiger partial charge is 0.221 e. The number of benzene rings is 1. The van der Waals surface area contributed by atoms with Crippen LogP contribution in [0.15, 0.2) is 24.3 Å². The summed E-state index contributed by atoms with van der Waals surface area (Å²) < 4.78 is 12.6. The van der Waals surface area contributed by atoms with Crippen molar-refractivity contribution in [1.29, 1.82) is 0 Å². The summed E-state index contributed by atoms with van der Waals surface area (Å²) in [6.45, 7) is 0. The van der Waals surface area contributed by atoms with Crippen LogP contribution in [0.4, 0.5) is 4.39 Å². The number of nitrogens with two attached hydrogens (primary N) is 1. The third-order valence-corrected chi connectivity index (χ3v) is 1.98. The van der Waals surface area contributed by atoms with E-state index in [1.807, 2.05) is 0 Å². The molecule has 0 aliphatic carbocycles. The fourth-order valence-corrected chi connectivity index (χ4v) is 1.13. The maximum absolute atomic E-state index is 12.6. The highest BCUT2D eigenvalue weighted by Gasteiger charge is 2.09. The second kappa shape index (κ2) is 4.72. The van der Waals surface area contributed by atoms with Crippen molar-refractivity contribution in [3.63, 3.8) is 0 Å². The number of carbonyl (C=O) groups excluding carboxylic acids is 1. The molecule has 3 N–H and O–H groups in total. The molecule has 0 spiro atoms. The third-order valence-electron chi connectivity index (χ3n) is 1.98. The minimum atomic E-state index is -0.379. The minimum absolute atomic E-state index is 0.123. The van der Waals surface area contributed by atoms with Gasteiger partial charge in [0.15, 0.2) is 0 Å². The molecule has 1 atom stereocenters. The molecular weight excluding hydrogens is 183 g/mol. The zero-order chi connectivity index (χ0) is 10.6. The van der Waals surface area contributed by atoms with E-state index in [0.29, 0.717) is 0 Å². The Morgan fingerprint density at radius 1 is 1.50 bits per heavy atom. The molecule has 0 saturated heterocycles. The van der Waals surface area contributed by atoms with E-state index in [1.54, 1.807) is 19.2 Å². The first-order chi connectivity index (χ1) is 6.63. The van der Waals surface area contributed by atoms with Gasteiger partial charge in [0.25, 0.3) is 0 Å². The van der Waals surface area contributed by atoms with Crippen molar-refractivity contribution in [2.45, 2.75) is 12.5 Å². The molecule has 3 nitrogen and oxygen atoms in total. The van der Waals surface area contributed by atoms with Crippen LogP contribution in [0.1, 0.15) is 18.0 Å². The second-order valence-corrected chi connectivity index (χ2v) is 3.04. The van der Waals surface area contributed by atoms with Crippen molar-refractivity contribution in [1.82, 2.24) is 5.32 Å². The molecule has 0 heterocycles. The summed E-state index contributed by atoms with van der Waals surface area (Å²) in [7, 11) is 1.56. The quantitative estimate of drug-likeness (QED) is 0.756. The van der Waals surface area contributed by atoms with Gasteiger partial charge in [0.05, 0.1) is 0 Å². The highest BCUT2D eigenvalue weighted by atomic mass is 19.1. The molecule has 0 aliphatic rings. The molecule has 0 aliphatic heterocycles. The number of hydrogen-bond donors (Lipinski definition) is 2. The van der Waals surface area contributed by atoms with Crippen molar-refractivity contribution in [3.8, 4) is 0 Å². The van der Waals surface area contributed by atoms with Crippen molar-refractivity contribution in [2.75, 3.05) is 7.05 Å². The summed E-state index contributed by atoms with van der Waals surface area (Å²) in [5, 5.41) is 2.48. The number of halogens is 1. The molecule has 1 amide bonds. The van der Waals surface area contributed by atoms with E-state index < -0.39 is 0 Å². The normalized spacial score (nSPS) is 12.2. The van der Waals surface area contributed by atoms with Crippen LogP contribution in [0.25, 0.3) is 0 Å². The van der Waals surface area contributed by atoms with E-state index >= 15 is 0 Å². The molecule has 4 heteroatoms. The van der Waals surface area contributed by atoms with E-state index in [4.69, 9.17) is 5.73 Å². The maximum Gasteiger partial charge on any atom is 0.221 e. The summed E-state index contributed by atoms with van der Waals surface area (Å²) in [5.41, 5.74) is 6.50. The standard InChI is InChI=1S/C10H13FN2O/c1-13-10(14)6-9(12)7-2-4-8(11)5-3-7/h2-5,9H,6,12H2,1H3,(H,13,14). The van der Waals surface area contributed by atoms with E-state index in [-0.39, 0.29) is 24.2 Å². The Bertz CT molecular complexity index is 310. The largest absolute Gasteiger partial charge is 0.359 e. The van der Waals surface area contributed by atoms with Gasteiger partial charge in [0, 0.05) is 19.5 Å². The molecule has 0 fully saturated rings. The van der Waals surface area contributed by atoms with Gasteiger partial charge in [-0.25, -0.2) is 4.39 Å². The Hall–Kier alpha value is -1.42. The summed E-state index contributed by atoms with van der Waals surface area (Å²) in [6, 6.07) is 5.46. The van der Waals surface area contributed by atoms with E-state index in [9.17, 15) is 9.18 Å². The van der Waals surface area contributed by atoms with Gasteiger partial charge in [-0.3, -0.25) is 4.79 Å². The van der Waals surface area contributed by atoms with Gasteiger partial charge >= 0.3 is 0 Å². The molecule has 1 aromatic rings. The lowest BCUT2D eigenvalue weighted by molar-refractivity contribution is -0.120. The molecule has 0 bridgehead atoms. The molecule has 1 aromatic carbocycles. The Balaban J connectivity index is 2.65. The van der Waals surface area contributed by atoms with Crippen LogP contribution in [-0.2, 0) is 4.79 Å². The van der Waals surface area contributed by atoms with Crippen molar-refractivity contribution in [2.24, 2.45) is 5.73 Å². The summed E-state index contributed by atoms with van der Waals surface area (Å²) in [5.74, 6) is -0.428. The Kier molecular flexibility index (Phi) is 3.59. The number of carbonyl (C=O) groups is 1. The average molecular weight is 196 g/mol. The molecule has 0 aromatic heterocycles. The van der Waals surface area contributed by atoms with Gasteiger partial charge in [-0.15, -0.1) is 0 Å².